The summed E-state index contributed by atoms with van der Waals surface area (Å²) in [5, 5.41) is 3.74. The summed E-state index contributed by atoms with van der Waals surface area (Å²) in [4.78, 5) is 2.54. The Morgan fingerprint density at radius 2 is 1.77 bits per heavy atom. The standard InChI is InChI=1S/C20H26N2/c1-16(2)12-19-15-22(14-17-8-4-3-5-9-17)20-11-7-6-10-18(20)13-21-19/h3-11,16,19,21H,12-15H2,1-2H3. The number of fused-ring (bicyclic) bond motifs is 1. The van der Waals surface area contributed by atoms with E-state index in [9.17, 15) is 0 Å². The third-order valence-corrected chi connectivity index (χ3v) is 4.33. The second-order valence-corrected chi connectivity index (χ2v) is 6.70. The molecule has 0 aliphatic carbocycles. The number of nitrogens with one attached hydrogen (secondary N) is 1. The minimum Gasteiger partial charge on any atom is -0.365 e. The molecule has 2 heteroatoms. The summed E-state index contributed by atoms with van der Waals surface area (Å²) in [5.74, 6) is 0.720. The van der Waals surface area contributed by atoms with Gasteiger partial charge in [0.2, 0.25) is 0 Å². The average molecular weight is 294 g/mol. The van der Waals surface area contributed by atoms with Crippen LogP contribution in [0.25, 0.3) is 0 Å². The molecule has 1 N–H and O–H groups in total. The van der Waals surface area contributed by atoms with Crippen molar-refractivity contribution in [3.8, 4) is 0 Å². The summed E-state index contributed by atoms with van der Waals surface area (Å²) in [6.45, 7) is 7.64. The molecule has 1 heterocycles. The molecule has 1 aliphatic rings. The predicted molar refractivity (Wildman–Crippen MR) is 94.0 cm³/mol. The van der Waals surface area contributed by atoms with Gasteiger partial charge < -0.3 is 10.2 Å². The van der Waals surface area contributed by atoms with Crippen LogP contribution in [-0.4, -0.2) is 12.6 Å². The molecule has 0 amide bonds. The Morgan fingerprint density at radius 3 is 2.55 bits per heavy atom. The highest BCUT2D eigenvalue weighted by molar-refractivity contribution is 5.55. The number of hydrogen-bond donors (Lipinski definition) is 1. The van der Waals surface area contributed by atoms with Gasteiger partial charge in [-0.15, -0.1) is 0 Å². The highest BCUT2D eigenvalue weighted by atomic mass is 15.2. The Balaban J connectivity index is 1.85. The van der Waals surface area contributed by atoms with E-state index < -0.39 is 0 Å². The summed E-state index contributed by atoms with van der Waals surface area (Å²) in [6.07, 6.45) is 1.22. The van der Waals surface area contributed by atoms with E-state index in [1.807, 2.05) is 0 Å². The summed E-state index contributed by atoms with van der Waals surface area (Å²) < 4.78 is 0. The van der Waals surface area contributed by atoms with Crippen LogP contribution in [0.5, 0.6) is 0 Å². The van der Waals surface area contributed by atoms with E-state index in [0.29, 0.717) is 6.04 Å². The van der Waals surface area contributed by atoms with Gasteiger partial charge in [-0.3, -0.25) is 0 Å². The first kappa shape index (κ1) is 15.1. The van der Waals surface area contributed by atoms with Crippen LogP contribution >= 0.6 is 0 Å². The zero-order valence-electron chi connectivity index (χ0n) is 13.6. The van der Waals surface area contributed by atoms with Crippen LogP contribution in [0.4, 0.5) is 5.69 Å². The first-order chi connectivity index (χ1) is 10.7. The van der Waals surface area contributed by atoms with Gasteiger partial charge in [-0.05, 0) is 29.5 Å². The van der Waals surface area contributed by atoms with E-state index in [1.54, 1.807) is 0 Å². The fraction of sp³-hybridized carbons (Fsp3) is 0.400. The summed E-state index contributed by atoms with van der Waals surface area (Å²) in [7, 11) is 0. The smallest absolute Gasteiger partial charge is 0.0430 e. The topological polar surface area (TPSA) is 15.3 Å². The average Bonchev–Trinajstić information content (AvgIpc) is 2.68. The van der Waals surface area contributed by atoms with E-state index in [1.165, 1.54) is 23.2 Å². The number of benzene rings is 2. The van der Waals surface area contributed by atoms with Crippen molar-refractivity contribution in [2.75, 3.05) is 11.4 Å². The number of nitrogens with zero attached hydrogens (tertiary/aromatic N) is 1. The van der Waals surface area contributed by atoms with Crippen molar-refractivity contribution in [1.82, 2.24) is 5.32 Å². The molecule has 22 heavy (non-hydrogen) atoms. The van der Waals surface area contributed by atoms with Crippen LogP contribution in [0.2, 0.25) is 0 Å². The Kier molecular flexibility index (Phi) is 4.79. The van der Waals surface area contributed by atoms with Crippen LogP contribution in [0, 0.1) is 5.92 Å². The summed E-state index contributed by atoms with van der Waals surface area (Å²) >= 11 is 0. The second kappa shape index (κ2) is 6.97. The molecule has 0 spiro atoms. The molecule has 116 valence electrons. The molecule has 3 rings (SSSR count). The molecule has 1 aliphatic heterocycles. The van der Waals surface area contributed by atoms with Crippen molar-refractivity contribution in [1.29, 1.82) is 0 Å². The van der Waals surface area contributed by atoms with Crippen LogP contribution < -0.4 is 10.2 Å². The van der Waals surface area contributed by atoms with E-state index in [-0.39, 0.29) is 0 Å². The lowest BCUT2D eigenvalue weighted by Gasteiger charge is -2.28. The van der Waals surface area contributed by atoms with E-state index in [4.69, 9.17) is 0 Å². The highest BCUT2D eigenvalue weighted by Gasteiger charge is 2.21. The lowest BCUT2D eigenvalue weighted by molar-refractivity contribution is 0.421. The van der Waals surface area contributed by atoms with Gasteiger partial charge in [0.05, 0.1) is 0 Å². The molecule has 0 saturated carbocycles. The van der Waals surface area contributed by atoms with Crippen molar-refractivity contribution in [3.63, 3.8) is 0 Å². The lowest BCUT2D eigenvalue weighted by Crippen LogP contribution is -2.38. The molecule has 0 saturated heterocycles. The fourth-order valence-electron chi connectivity index (χ4n) is 3.33. The molecule has 0 aromatic heterocycles. The Morgan fingerprint density at radius 1 is 1.05 bits per heavy atom. The van der Waals surface area contributed by atoms with Crippen LogP contribution in [0.1, 0.15) is 31.4 Å². The van der Waals surface area contributed by atoms with Crippen molar-refractivity contribution < 1.29 is 0 Å². The van der Waals surface area contributed by atoms with Crippen LogP contribution in [-0.2, 0) is 13.1 Å². The van der Waals surface area contributed by atoms with Crippen molar-refractivity contribution in [2.24, 2.45) is 5.92 Å². The number of rotatable bonds is 4. The van der Waals surface area contributed by atoms with Gasteiger partial charge in [0.1, 0.15) is 0 Å². The molecule has 1 atom stereocenters. The third-order valence-electron chi connectivity index (χ3n) is 4.33. The van der Waals surface area contributed by atoms with Gasteiger partial charge in [0.25, 0.3) is 0 Å². The number of para-hydroxylation sites is 1. The minimum atomic E-state index is 0.552. The molecular formula is C20H26N2. The van der Waals surface area contributed by atoms with Crippen LogP contribution in [0.3, 0.4) is 0 Å². The van der Waals surface area contributed by atoms with Crippen molar-refractivity contribution in [2.45, 2.75) is 39.4 Å². The molecule has 2 aromatic rings. The molecule has 0 bridgehead atoms. The molecular weight excluding hydrogens is 268 g/mol. The third kappa shape index (κ3) is 3.69. The van der Waals surface area contributed by atoms with Crippen molar-refractivity contribution >= 4 is 5.69 Å². The molecule has 2 aromatic carbocycles. The second-order valence-electron chi connectivity index (χ2n) is 6.70. The lowest BCUT2D eigenvalue weighted by atomic mass is 10.0. The first-order valence-corrected chi connectivity index (χ1v) is 8.32. The van der Waals surface area contributed by atoms with Crippen LogP contribution in [0.15, 0.2) is 54.6 Å². The zero-order chi connectivity index (χ0) is 15.4. The Bertz CT molecular complexity index is 592. The summed E-state index contributed by atoms with van der Waals surface area (Å²) in [5.41, 5.74) is 4.16. The van der Waals surface area contributed by atoms with Gasteiger partial charge in [-0.2, -0.15) is 0 Å². The molecule has 0 fully saturated rings. The number of hydrogen-bond acceptors (Lipinski definition) is 2. The SMILES string of the molecule is CC(C)CC1CN(Cc2ccccc2)c2ccccc2CN1. The molecule has 2 nitrogen and oxygen atoms in total. The largest absolute Gasteiger partial charge is 0.365 e. The van der Waals surface area contributed by atoms with Crippen molar-refractivity contribution in [3.05, 3.63) is 65.7 Å². The maximum atomic E-state index is 3.74. The number of anilines is 1. The minimum absolute atomic E-state index is 0.552. The Hall–Kier alpha value is -1.80. The molecule has 1 unspecified atom stereocenters. The Labute approximate surface area is 134 Å². The van der Waals surface area contributed by atoms with E-state index >= 15 is 0 Å². The fourth-order valence-corrected chi connectivity index (χ4v) is 3.33. The zero-order valence-corrected chi connectivity index (χ0v) is 13.6. The monoisotopic (exact) mass is 294 g/mol. The van der Waals surface area contributed by atoms with E-state index in [2.05, 4.69) is 78.7 Å². The maximum absolute atomic E-state index is 3.74. The quantitative estimate of drug-likeness (QED) is 0.908. The van der Waals surface area contributed by atoms with Gasteiger partial charge in [0, 0.05) is 31.4 Å². The van der Waals surface area contributed by atoms with E-state index in [0.717, 1.165) is 25.6 Å². The van der Waals surface area contributed by atoms with Gasteiger partial charge in [-0.1, -0.05) is 62.4 Å². The normalized spacial score (nSPS) is 18.1. The van der Waals surface area contributed by atoms with Gasteiger partial charge in [-0.25, -0.2) is 0 Å². The maximum Gasteiger partial charge on any atom is 0.0430 e. The molecule has 0 radical (unpaired) electrons. The van der Waals surface area contributed by atoms with Gasteiger partial charge in [0.15, 0.2) is 0 Å². The first-order valence-electron chi connectivity index (χ1n) is 8.32. The predicted octanol–water partition coefficient (Wildman–Crippen LogP) is 4.21. The highest BCUT2D eigenvalue weighted by Crippen LogP contribution is 2.26. The van der Waals surface area contributed by atoms with Gasteiger partial charge >= 0.3 is 0 Å². The summed E-state index contributed by atoms with van der Waals surface area (Å²) in [6, 6.07) is 20.1.